The van der Waals surface area contributed by atoms with E-state index in [-0.39, 0.29) is 0 Å². The highest BCUT2D eigenvalue weighted by molar-refractivity contribution is 9.10. The van der Waals surface area contributed by atoms with Gasteiger partial charge in [0.15, 0.2) is 0 Å². The van der Waals surface area contributed by atoms with E-state index in [9.17, 15) is 14.4 Å². The van der Waals surface area contributed by atoms with E-state index in [4.69, 9.17) is 10.2 Å². The van der Waals surface area contributed by atoms with E-state index in [0.29, 0.717) is 9.35 Å². The number of nitrogens with one attached hydrogen (secondary N) is 1. The van der Waals surface area contributed by atoms with Gasteiger partial charge >= 0.3 is 11.9 Å². The fourth-order valence-corrected chi connectivity index (χ4v) is 2.51. The first-order chi connectivity index (χ1) is 7.91. The molecule has 0 unspecified atom stereocenters. The van der Waals surface area contributed by atoms with Crippen LogP contribution in [0.15, 0.2) is 15.9 Å². The highest BCUT2D eigenvalue weighted by atomic mass is 79.9. The van der Waals surface area contributed by atoms with E-state index in [0.717, 1.165) is 11.3 Å². The highest BCUT2D eigenvalue weighted by Crippen LogP contribution is 2.22. The van der Waals surface area contributed by atoms with Crippen molar-refractivity contribution in [2.24, 2.45) is 0 Å². The molecule has 0 aromatic carbocycles. The molecule has 6 nitrogen and oxygen atoms in total. The Balaban J connectivity index is 2.74. The number of rotatable bonds is 5. The molecule has 1 heterocycles. The largest absolute Gasteiger partial charge is 0.481 e. The average molecular weight is 322 g/mol. The van der Waals surface area contributed by atoms with Gasteiger partial charge in [0.2, 0.25) is 0 Å². The van der Waals surface area contributed by atoms with Crippen molar-refractivity contribution >= 4 is 45.1 Å². The van der Waals surface area contributed by atoms with Crippen LogP contribution in [-0.2, 0) is 9.59 Å². The SMILES string of the molecule is O=C(O)C[C@H](NC(=O)c1sccc1Br)C(=O)O. The molecule has 1 amide bonds. The van der Waals surface area contributed by atoms with E-state index in [1.165, 1.54) is 0 Å². The third kappa shape index (κ3) is 3.82. The highest BCUT2D eigenvalue weighted by Gasteiger charge is 2.24. The van der Waals surface area contributed by atoms with Gasteiger partial charge in [-0.2, -0.15) is 0 Å². The zero-order valence-electron chi connectivity index (χ0n) is 8.34. The molecule has 17 heavy (non-hydrogen) atoms. The molecule has 0 fully saturated rings. The summed E-state index contributed by atoms with van der Waals surface area (Å²) in [6.45, 7) is 0. The summed E-state index contributed by atoms with van der Waals surface area (Å²) < 4.78 is 0.541. The number of hydrogen-bond acceptors (Lipinski definition) is 4. The van der Waals surface area contributed by atoms with Crippen LogP contribution in [0.1, 0.15) is 16.1 Å². The summed E-state index contributed by atoms with van der Waals surface area (Å²) in [6, 6.07) is 0.209. The molecule has 1 aromatic rings. The Kier molecular flexibility index (Phi) is 4.64. The van der Waals surface area contributed by atoms with Crippen molar-refractivity contribution in [3.05, 3.63) is 20.8 Å². The van der Waals surface area contributed by atoms with Crippen molar-refractivity contribution < 1.29 is 24.6 Å². The van der Waals surface area contributed by atoms with E-state index in [2.05, 4.69) is 21.2 Å². The molecule has 92 valence electrons. The van der Waals surface area contributed by atoms with Crippen LogP contribution < -0.4 is 5.32 Å². The minimum atomic E-state index is -1.44. The van der Waals surface area contributed by atoms with Gasteiger partial charge in [0, 0.05) is 4.47 Å². The molecule has 1 aromatic heterocycles. The average Bonchev–Trinajstić information content (AvgIpc) is 2.62. The molecule has 8 heteroatoms. The van der Waals surface area contributed by atoms with Gasteiger partial charge in [0.05, 0.1) is 6.42 Å². The van der Waals surface area contributed by atoms with Crippen molar-refractivity contribution in [2.45, 2.75) is 12.5 Å². The maximum Gasteiger partial charge on any atom is 0.326 e. The Hall–Kier alpha value is -1.41. The first-order valence-electron chi connectivity index (χ1n) is 4.40. The number of hydrogen-bond donors (Lipinski definition) is 3. The maximum absolute atomic E-state index is 11.6. The van der Waals surface area contributed by atoms with Gasteiger partial charge < -0.3 is 15.5 Å². The third-order valence-electron chi connectivity index (χ3n) is 1.81. The van der Waals surface area contributed by atoms with Crippen LogP contribution in [0.25, 0.3) is 0 Å². The summed E-state index contributed by atoms with van der Waals surface area (Å²) in [5.74, 6) is -3.28. The van der Waals surface area contributed by atoms with Crippen molar-refractivity contribution in [1.82, 2.24) is 5.32 Å². The van der Waals surface area contributed by atoms with Crippen LogP contribution >= 0.6 is 27.3 Å². The second kappa shape index (κ2) is 5.78. The van der Waals surface area contributed by atoms with Gasteiger partial charge in [-0.15, -0.1) is 11.3 Å². The number of carbonyl (C=O) groups excluding carboxylic acids is 1. The van der Waals surface area contributed by atoms with Crippen molar-refractivity contribution in [2.75, 3.05) is 0 Å². The number of amides is 1. The van der Waals surface area contributed by atoms with Gasteiger partial charge in [-0.1, -0.05) is 0 Å². The Morgan fingerprint density at radius 3 is 2.47 bits per heavy atom. The van der Waals surface area contributed by atoms with E-state index in [1.54, 1.807) is 11.4 Å². The standard InChI is InChI=1S/C9H8BrNO5S/c10-4-1-2-17-7(4)8(14)11-5(9(15)16)3-6(12)13/h1-2,5H,3H2,(H,11,14)(H,12,13)(H,15,16)/t5-/m0/s1. The molecule has 0 radical (unpaired) electrons. The van der Waals surface area contributed by atoms with Gasteiger partial charge in [0.25, 0.3) is 5.91 Å². The molecule has 0 aliphatic heterocycles. The first-order valence-corrected chi connectivity index (χ1v) is 6.07. The normalized spacial score (nSPS) is 11.8. The molecular weight excluding hydrogens is 314 g/mol. The predicted octanol–water partition coefficient (Wildman–Crippen LogP) is 1.17. The summed E-state index contributed by atoms with van der Waals surface area (Å²) in [5.41, 5.74) is 0. The van der Waals surface area contributed by atoms with Crippen molar-refractivity contribution in [3.63, 3.8) is 0 Å². The molecule has 0 saturated heterocycles. The van der Waals surface area contributed by atoms with Crippen LogP contribution in [0.4, 0.5) is 0 Å². The quantitative estimate of drug-likeness (QED) is 0.755. The maximum atomic E-state index is 11.6. The van der Waals surface area contributed by atoms with Gasteiger partial charge in [-0.25, -0.2) is 4.79 Å². The number of carboxylic acids is 2. The molecule has 0 bridgehead atoms. The molecular formula is C9H8BrNO5S. The van der Waals surface area contributed by atoms with E-state index >= 15 is 0 Å². The third-order valence-corrected chi connectivity index (χ3v) is 3.64. The lowest BCUT2D eigenvalue weighted by atomic mass is 10.2. The van der Waals surface area contributed by atoms with Crippen LogP contribution in [0, 0.1) is 0 Å². The second-order valence-corrected chi connectivity index (χ2v) is 4.83. The minimum absolute atomic E-state index is 0.307. The fraction of sp³-hybridized carbons (Fsp3) is 0.222. The zero-order valence-corrected chi connectivity index (χ0v) is 10.7. The summed E-state index contributed by atoms with van der Waals surface area (Å²) in [5, 5.41) is 21.1. The zero-order chi connectivity index (χ0) is 13.0. The smallest absolute Gasteiger partial charge is 0.326 e. The number of thiophene rings is 1. The number of halogens is 1. The lowest BCUT2D eigenvalue weighted by molar-refractivity contribution is -0.145. The Morgan fingerprint density at radius 2 is 2.06 bits per heavy atom. The van der Waals surface area contributed by atoms with Crippen molar-refractivity contribution in [3.8, 4) is 0 Å². The Morgan fingerprint density at radius 1 is 1.41 bits per heavy atom. The number of carbonyl (C=O) groups is 3. The summed E-state index contributed by atoms with van der Waals surface area (Å²) in [6.07, 6.45) is -0.663. The van der Waals surface area contributed by atoms with Gasteiger partial charge in [-0.3, -0.25) is 9.59 Å². The molecule has 1 atom stereocenters. The predicted molar refractivity (Wildman–Crippen MR) is 63.2 cm³/mol. The molecule has 3 N–H and O–H groups in total. The monoisotopic (exact) mass is 321 g/mol. The molecule has 0 spiro atoms. The van der Waals surface area contributed by atoms with Crippen LogP contribution in [0.3, 0.4) is 0 Å². The Labute approximate surface area is 108 Å². The van der Waals surface area contributed by atoms with Crippen LogP contribution in [0.2, 0.25) is 0 Å². The Bertz CT molecular complexity index is 458. The number of aliphatic carboxylic acids is 2. The molecule has 0 saturated carbocycles. The van der Waals surface area contributed by atoms with Crippen LogP contribution in [-0.4, -0.2) is 34.1 Å². The lowest BCUT2D eigenvalue weighted by Crippen LogP contribution is -2.42. The summed E-state index contributed by atoms with van der Waals surface area (Å²) in [7, 11) is 0. The summed E-state index contributed by atoms with van der Waals surface area (Å²) in [4.78, 5) is 33.1. The number of carboxylic acid groups (broad SMARTS) is 2. The van der Waals surface area contributed by atoms with Gasteiger partial charge in [-0.05, 0) is 27.4 Å². The van der Waals surface area contributed by atoms with Crippen LogP contribution in [0.5, 0.6) is 0 Å². The van der Waals surface area contributed by atoms with E-state index < -0.39 is 30.3 Å². The fourth-order valence-electron chi connectivity index (χ4n) is 1.05. The van der Waals surface area contributed by atoms with E-state index in [1.807, 2.05) is 0 Å². The van der Waals surface area contributed by atoms with Crippen molar-refractivity contribution in [1.29, 1.82) is 0 Å². The summed E-state index contributed by atoms with van der Waals surface area (Å²) >= 11 is 4.26. The molecule has 0 aliphatic carbocycles. The lowest BCUT2D eigenvalue weighted by Gasteiger charge is -2.11. The molecule has 0 aliphatic rings. The topological polar surface area (TPSA) is 104 Å². The van der Waals surface area contributed by atoms with Gasteiger partial charge in [0.1, 0.15) is 10.9 Å². The first kappa shape index (κ1) is 13.7. The second-order valence-electron chi connectivity index (χ2n) is 3.06. The minimum Gasteiger partial charge on any atom is -0.481 e. The molecule has 1 rings (SSSR count).